The van der Waals surface area contributed by atoms with Gasteiger partial charge in [0.05, 0.1) is 36.4 Å². The molecule has 4 amide bonds. The molecular formula is C28H37N5O6S. The summed E-state index contributed by atoms with van der Waals surface area (Å²) in [6.45, 7) is 8.73. The zero-order valence-corrected chi connectivity index (χ0v) is 24.6. The number of ether oxygens (including phenoxy) is 2. The second kappa shape index (κ2) is 12.2. The first-order valence-corrected chi connectivity index (χ1v) is 14.2. The molecule has 1 aromatic carbocycles. The standard InChI is InChI=1S/C28H37N5O6S/c1-15(2)39-22-8-7-18(9-23(22)38-6)27(36)32-11-19-12-33(28(37)25-16(3)31-17(4)40-25)14-21(20(19)13-32)26(35)30-10-24(34)29-5/h7-9,15,19-21H,10-14H2,1-6H3,(H,29,34)(H,30,35). The van der Waals surface area contributed by atoms with Crippen molar-refractivity contribution in [2.24, 2.45) is 17.8 Å². The lowest BCUT2D eigenvalue weighted by Gasteiger charge is -2.39. The van der Waals surface area contributed by atoms with Gasteiger partial charge in [-0.05, 0) is 57.7 Å². The average molecular weight is 572 g/mol. The van der Waals surface area contributed by atoms with Crippen LogP contribution in [0.4, 0.5) is 0 Å². The predicted molar refractivity (Wildman–Crippen MR) is 150 cm³/mol. The minimum Gasteiger partial charge on any atom is -0.493 e. The molecule has 1 aromatic heterocycles. The van der Waals surface area contributed by atoms with Gasteiger partial charge in [0.2, 0.25) is 11.8 Å². The van der Waals surface area contributed by atoms with Gasteiger partial charge >= 0.3 is 0 Å². The smallest absolute Gasteiger partial charge is 0.265 e. The number of likely N-dealkylation sites (N-methyl/N-ethyl adjacent to an activating group) is 1. The van der Waals surface area contributed by atoms with E-state index in [9.17, 15) is 19.2 Å². The number of piperidine rings is 1. The number of aromatic nitrogens is 1. The lowest BCUT2D eigenvalue weighted by Crippen LogP contribution is -2.53. The number of nitrogens with one attached hydrogen (secondary N) is 2. The number of hydrogen-bond acceptors (Lipinski definition) is 8. The van der Waals surface area contributed by atoms with Gasteiger partial charge in [0, 0.05) is 38.8 Å². The van der Waals surface area contributed by atoms with E-state index in [1.807, 2.05) is 20.8 Å². The Morgan fingerprint density at radius 1 is 1.05 bits per heavy atom. The second-order valence-corrected chi connectivity index (χ2v) is 11.7. The van der Waals surface area contributed by atoms with E-state index in [4.69, 9.17) is 9.47 Å². The van der Waals surface area contributed by atoms with Crippen molar-refractivity contribution in [1.82, 2.24) is 25.4 Å². The molecule has 0 spiro atoms. The van der Waals surface area contributed by atoms with Crippen LogP contribution in [0.5, 0.6) is 11.5 Å². The molecule has 0 aliphatic carbocycles. The first kappa shape index (κ1) is 29.3. The highest BCUT2D eigenvalue weighted by molar-refractivity contribution is 7.13. The molecule has 0 saturated carbocycles. The van der Waals surface area contributed by atoms with E-state index in [1.54, 1.807) is 34.9 Å². The van der Waals surface area contributed by atoms with Crippen LogP contribution in [0.1, 0.15) is 44.6 Å². The lowest BCUT2D eigenvalue weighted by molar-refractivity contribution is -0.131. The fourth-order valence-corrected chi connectivity index (χ4v) is 6.37. The Kier molecular flexibility index (Phi) is 8.97. The van der Waals surface area contributed by atoms with Gasteiger partial charge in [0.25, 0.3) is 11.8 Å². The lowest BCUT2D eigenvalue weighted by atomic mass is 9.79. The fraction of sp³-hybridized carbons (Fsp3) is 0.536. The summed E-state index contributed by atoms with van der Waals surface area (Å²) in [5, 5.41) is 6.00. The van der Waals surface area contributed by atoms with Crippen LogP contribution in [-0.2, 0) is 9.59 Å². The largest absolute Gasteiger partial charge is 0.493 e. The van der Waals surface area contributed by atoms with Crippen LogP contribution in [0, 0.1) is 31.6 Å². The van der Waals surface area contributed by atoms with Gasteiger partial charge in [-0.1, -0.05) is 0 Å². The van der Waals surface area contributed by atoms with E-state index in [-0.39, 0.29) is 54.7 Å². The molecular weight excluding hydrogens is 534 g/mol. The summed E-state index contributed by atoms with van der Waals surface area (Å²) in [7, 11) is 3.03. The van der Waals surface area contributed by atoms with Gasteiger partial charge in [-0.3, -0.25) is 19.2 Å². The number of likely N-dealkylation sites (tertiary alicyclic amines) is 2. The minimum atomic E-state index is -0.573. The molecule has 3 unspecified atom stereocenters. The number of thiazole rings is 1. The van der Waals surface area contributed by atoms with Crippen molar-refractivity contribution >= 4 is 35.0 Å². The van der Waals surface area contributed by atoms with E-state index in [1.165, 1.54) is 25.5 Å². The highest BCUT2D eigenvalue weighted by Crippen LogP contribution is 2.38. The Morgan fingerprint density at radius 3 is 2.35 bits per heavy atom. The van der Waals surface area contributed by atoms with Crippen molar-refractivity contribution in [2.45, 2.75) is 33.8 Å². The van der Waals surface area contributed by atoms with Crippen molar-refractivity contribution in [1.29, 1.82) is 0 Å². The highest BCUT2D eigenvalue weighted by atomic mass is 32.1. The third-order valence-electron chi connectivity index (χ3n) is 7.36. The predicted octanol–water partition coefficient (Wildman–Crippen LogP) is 1.88. The number of fused-ring (bicyclic) bond motifs is 1. The average Bonchev–Trinajstić information content (AvgIpc) is 3.52. The molecule has 12 heteroatoms. The van der Waals surface area contributed by atoms with Crippen molar-refractivity contribution < 1.29 is 28.7 Å². The summed E-state index contributed by atoms with van der Waals surface area (Å²) in [5.74, 6) is -0.776. The third-order valence-corrected chi connectivity index (χ3v) is 8.43. The molecule has 0 radical (unpaired) electrons. The van der Waals surface area contributed by atoms with E-state index in [0.29, 0.717) is 47.3 Å². The number of carbonyl (C=O) groups excluding carboxylic acids is 4. The molecule has 4 rings (SSSR count). The van der Waals surface area contributed by atoms with Gasteiger partial charge in [0.15, 0.2) is 11.5 Å². The molecule has 216 valence electrons. The van der Waals surface area contributed by atoms with Crippen molar-refractivity contribution in [3.8, 4) is 11.5 Å². The number of nitrogens with zero attached hydrogens (tertiary/aromatic N) is 3. The number of amides is 4. The topological polar surface area (TPSA) is 130 Å². The Labute approximate surface area is 238 Å². The number of hydrogen-bond donors (Lipinski definition) is 2. The van der Waals surface area contributed by atoms with Crippen LogP contribution in [0.25, 0.3) is 0 Å². The first-order valence-electron chi connectivity index (χ1n) is 13.4. The van der Waals surface area contributed by atoms with Gasteiger partial charge in [-0.25, -0.2) is 4.98 Å². The maximum absolute atomic E-state index is 13.6. The minimum absolute atomic E-state index is 0.0491. The molecule has 3 atom stereocenters. The van der Waals surface area contributed by atoms with Gasteiger partial charge in [-0.2, -0.15) is 0 Å². The Bertz CT molecular complexity index is 1290. The summed E-state index contributed by atoms with van der Waals surface area (Å²) in [6.07, 6.45) is -0.0491. The summed E-state index contributed by atoms with van der Waals surface area (Å²) < 4.78 is 11.2. The molecule has 2 saturated heterocycles. The normalized spacial score (nSPS) is 20.2. The number of benzene rings is 1. The van der Waals surface area contributed by atoms with Gasteiger partial charge in [-0.15, -0.1) is 11.3 Å². The molecule has 2 aliphatic rings. The van der Waals surface area contributed by atoms with Gasteiger partial charge < -0.3 is 29.9 Å². The monoisotopic (exact) mass is 571 g/mol. The van der Waals surface area contributed by atoms with Crippen LogP contribution in [0.2, 0.25) is 0 Å². The number of aryl methyl sites for hydroxylation is 2. The Morgan fingerprint density at radius 2 is 1.75 bits per heavy atom. The number of methoxy groups -OCH3 is 1. The third kappa shape index (κ3) is 6.22. The van der Waals surface area contributed by atoms with Crippen LogP contribution >= 0.6 is 11.3 Å². The quantitative estimate of drug-likeness (QED) is 0.495. The molecule has 2 N–H and O–H groups in total. The summed E-state index contributed by atoms with van der Waals surface area (Å²) in [6, 6.07) is 5.10. The molecule has 0 bridgehead atoms. The van der Waals surface area contributed by atoms with Crippen molar-refractivity contribution in [2.75, 3.05) is 46.9 Å². The fourth-order valence-electron chi connectivity index (χ4n) is 5.48. The van der Waals surface area contributed by atoms with Crippen molar-refractivity contribution in [3.63, 3.8) is 0 Å². The molecule has 40 heavy (non-hydrogen) atoms. The maximum Gasteiger partial charge on any atom is 0.265 e. The summed E-state index contributed by atoms with van der Waals surface area (Å²) in [4.78, 5) is 60.6. The Hall–Kier alpha value is -3.67. The number of rotatable bonds is 8. The molecule has 11 nitrogen and oxygen atoms in total. The Balaban J connectivity index is 1.57. The number of carbonyl (C=O) groups is 4. The van der Waals surface area contributed by atoms with Crippen LogP contribution in [0.3, 0.4) is 0 Å². The van der Waals surface area contributed by atoms with E-state index in [0.717, 1.165) is 5.01 Å². The zero-order valence-electron chi connectivity index (χ0n) is 23.8. The van der Waals surface area contributed by atoms with Crippen LogP contribution < -0.4 is 20.1 Å². The highest BCUT2D eigenvalue weighted by Gasteiger charge is 2.48. The molecule has 2 aromatic rings. The SMILES string of the molecule is CNC(=O)CNC(=O)C1CN(C(=O)c2sc(C)nc2C)CC2CN(C(=O)c3ccc(OC(C)C)c(OC)c3)CC21. The molecule has 3 heterocycles. The van der Waals surface area contributed by atoms with Gasteiger partial charge in [0.1, 0.15) is 4.88 Å². The molecule has 2 fully saturated rings. The van der Waals surface area contributed by atoms with E-state index in [2.05, 4.69) is 15.6 Å². The summed E-state index contributed by atoms with van der Waals surface area (Å²) in [5.41, 5.74) is 1.12. The van der Waals surface area contributed by atoms with E-state index >= 15 is 0 Å². The summed E-state index contributed by atoms with van der Waals surface area (Å²) >= 11 is 1.34. The zero-order chi connectivity index (χ0) is 29.1. The van der Waals surface area contributed by atoms with E-state index < -0.39 is 5.92 Å². The second-order valence-electron chi connectivity index (χ2n) is 10.5. The van der Waals surface area contributed by atoms with Crippen LogP contribution in [0.15, 0.2) is 18.2 Å². The maximum atomic E-state index is 13.6. The van der Waals surface area contributed by atoms with Crippen LogP contribution in [-0.4, -0.2) is 91.4 Å². The first-order chi connectivity index (χ1) is 19.0. The molecule has 2 aliphatic heterocycles. The van der Waals surface area contributed by atoms with Crippen molar-refractivity contribution in [3.05, 3.63) is 39.3 Å².